The maximum Gasteiger partial charge on any atom is 0.132 e. The number of hydrogen-bond donors (Lipinski definition) is 0. The van der Waals surface area contributed by atoms with E-state index in [1.165, 1.54) is 5.69 Å². The molecule has 1 aromatic carbocycles. The van der Waals surface area contributed by atoms with Crippen LogP contribution in [0.2, 0.25) is 0 Å². The van der Waals surface area contributed by atoms with Gasteiger partial charge in [0.25, 0.3) is 0 Å². The van der Waals surface area contributed by atoms with Gasteiger partial charge >= 0.3 is 0 Å². The Hall–Kier alpha value is -1.62. The van der Waals surface area contributed by atoms with Gasteiger partial charge in [-0.05, 0) is 32.0 Å². The first-order valence-electron chi connectivity index (χ1n) is 7.19. The predicted octanol–water partition coefficient (Wildman–Crippen LogP) is 3.18. The zero-order valence-corrected chi connectivity index (χ0v) is 14.0. The summed E-state index contributed by atoms with van der Waals surface area (Å²) in [5.41, 5.74) is 2.31. The highest BCUT2D eigenvalue weighted by Gasteiger charge is 2.19. The minimum atomic E-state index is 0.847. The summed E-state index contributed by atoms with van der Waals surface area (Å²) in [6.07, 6.45) is 0. The average molecular weight is 347 g/mol. The second-order valence-electron chi connectivity index (χ2n) is 5.37. The van der Waals surface area contributed by atoms with Crippen LogP contribution in [0.4, 0.5) is 11.5 Å². The van der Waals surface area contributed by atoms with Crippen molar-refractivity contribution in [2.45, 2.75) is 13.8 Å². The second-order valence-corrected chi connectivity index (χ2v) is 6.28. The molecule has 0 spiro atoms. The maximum atomic E-state index is 4.56. The second kappa shape index (κ2) is 6.02. The van der Waals surface area contributed by atoms with E-state index in [2.05, 4.69) is 66.0 Å². The third-order valence-electron chi connectivity index (χ3n) is 3.73. The first kappa shape index (κ1) is 14.3. The number of benzene rings is 1. The van der Waals surface area contributed by atoms with Crippen LogP contribution in [0.1, 0.15) is 11.5 Å². The predicted molar refractivity (Wildman–Crippen MR) is 90.1 cm³/mol. The Labute approximate surface area is 133 Å². The monoisotopic (exact) mass is 346 g/mol. The molecule has 4 nitrogen and oxygen atoms in total. The van der Waals surface area contributed by atoms with Gasteiger partial charge in [0.2, 0.25) is 0 Å². The smallest absolute Gasteiger partial charge is 0.132 e. The van der Waals surface area contributed by atoms with Gasteiger partial charge in [0.1, 0.15) is 11.6 Å². The number of aromatic nitrogens is 2. The van der Waals surface area contributed by atoms with Crippen molar-refractivity contribution in [1.29, 1.82) is 0 Å². The third-order valence-corrected chi connectivity index (χ3v) is 4.22. The molecule has 0 atom stereocenters. The molecule has 5 heteroatoms. The Bertz CT molecular complexity index is 616. The van der Waals surface area contributed by atoms with Gasteiger partial charge in [-0.15, -0.1) is 0 Å². The summed E-state index contributed by atoms with van der Waals surface area (Å²) >= 11 is 3.54. The summed E-state index contributed by atoms with van der Waals surface area (Å²) in [6.45, 7) is 7.98. The molecule has 0 radical (unpaired) electrons. The number of aryl methyl sites for hydroxylation is 2. The van der Waals surface area contributed by atoms with Crippen LogP contribution in [0.25, 0.3) is 0 Å². The van der Waals surface area contributed by atoms with Gasteiger partial charge < -0.3 is 9.80 Å². The van der Waals surface area contributed by atoms with Gasteiger partial charge in [-0.2, -0.15) is 0 Å². The summed E-state index contributed by atoms with van der Waals surface area (Å²) < 4.78 is 1.13. The van der Waals surface area contributed by atoms with Crippen molar-refractivity contribution in [2.75, 3.05) is 36.0 Å². The first-order valence-corrected chi connectivity index (χ1v) is 7.99. The zero-order chi connectivity index (χ0) is 14.8. The highest BCUT2D eigenvalue weighted by atomic mass is 79.9. The molecule has 0 amide bonds. The highest BCUT2D eigenvalue weighted by Crippen LogP contribution is 2.22. The fraction of sp³-hybridized carbons (Fsp3) is 0.375. The molecule has 2 heterocycles. The Kier molecular flexibility index (Phi) is 4.10. The molecule has 0 saturated carbocycles. The third kappa shape index (κ3) is 3.35. The van der Waals surface area contributed by atoms with Crippen molar-refractivity contribution in [3.8, 4) is 0 Å². The van der Waals surface area contributed by atoms with Gasteiger partial charge in [-0.25, -0.2) is 9.97 Å². The van der Waals surface area contributed by atoms with E-state index in [0.29, 0.717) is 0 Å². The highest BCUT2D eigenvalue weighted by molar-refractivity contribution is 9.10. The number of hydrogen-bond acceptors (Lipinski definition) is 4. The number of anilines is 2. The maximum absolute atomic E-state index is 4.56. The fourth-order valence-electron chi connectivity index (χ4n) is 2.73. The molecule has 1 aliphatic rings. The van der Waals surface area contributed by atoms with Crippen molar-refractivity contribution in [3.05, 3.63) is 46.3 Å². The van der Waals surface area contributed by atoms with Gasteiger partial charge in [-0.1, -0.05) is 22.0 Å². The lowest BCUT2D eigenvalue weighted by Crippen LogP contribution is -2.46. The summed E-state index contributed by atoms with van der Waals surface area (Å²) in [7, 11) is 0. The van der Waals surface area contributed by atoms with Crippen molar-refractivity contribution in [1.82, 2.24) is 9.97 Å². The van der Waals surface area contributed by atoms with E-state index in [1.54, 1.807) is 0 Å². The zero-order valence-electron chi connectivity index (χ0n) is 12.4. The van der Waals surface area contributed by atoms with E-state index in [-0.39, 0.29) is 0 Å². The summed E-state index contributed by atoms with van der Waals surface area (Å²) in [4.78, 5) is 13.7. The molecule has 1 saturated heterocycles. The standard InChI is InChI=1S/C16H19BrN4/c1-12-10-16(19-13(2)18-12)21-8-6-20(7-9-21)15-5-3-4-14(17)11-15/h3-5,10-11H,6-9H2,1-2H3. The molecule has 0 unspecified atom stereocenters. The quantitative estimate of drug-likeness (QED) is 0.835. The Balaban J connectivity index is 1.70. The number of nitrogens with zero attached hydrogens (tertiary/aromatic N) is 4. The van der Waals surface area contributed by atoms with E-state index < -0.39 is 0 Å². The lowest BCUT2D eigenvalue weighted by molar-refractivity contribution is 0.645. The molecule has 1 aromatic heterocycles. The van der Waals surface area contributed by atoms with Gasteiger partial charge in [0.05, 0.1) is 0 Å². The lowest BCUT2D eigenvalue weighted by Gasteiger charge is -2.37. The Morgan fingerprint density at radius 3 is 2.33 bits per heavy atom. The largest absolute Gasteiger partial charge is 0.368 e. The molecule has 0 bridgehead atoms. The summed E-state index contributed by atoms with van der Waals surface area (Å²) in [6, 6.07) is 10.6. The van der Waals surface area contributed by atoms with Crippen LogP contribution < -0.4 is 9.80 Å². The minimum Gasteiger partial charge on any atom is -0.368 e. The van der Waals surface area contributed by atoms with Crippen LogP contribution in [-0.2, 0) is 0 Å². The van der Waals surface area contributed by atoms with Crippen molar-refractivity contribution in [3.63, 3.8) is 0 Å². The van der Waals surface area contributed by atoms with Crippen molar-refractivity contribution >= 4 is 27.4 Å². The molecule has 2 aromatic rings. The molecule has 1 fully saturated rings. The number of halogens is 1. The molecule has 110 valence electrons. The average Bonchev–Trinajstić information content (AvgIpc) is 2.46. The van der Waals surface area contributed by atoms with Crippen LogP contribution in [0.5, 0.6) is 0 Å². The first-order chi connectivity index (χ1) is 10.1. The van der Waals surface area contributed by atoms with E-state index >= 15 is 0 Å². The minimum absolute atomic E-state index is 0.847. The molecule has 1 aliphatic heterocycles. The molecular weight excluding hydrogens is 328 g/mol. The van der Waals surface area contributed by atoms with Crippen LogP contribution in [-0.4, -0.2) is 36.1 Å². The van der Waals surface area contributed by atoms with Gasteiger partial charge in [0.15, 0.2) is 0 Å². The topological polar surface area (TPSA) is 32.3 Å². The Morgan fingerprint density at radius 1 is 0.952 bits per heavy atom. The Morgan fingerprint density at radius 2 is 1.67 bits per heavy atom. The van der Waals surface area contributed by atoms with Crippen LogP contribution >= 0.6 is 15.9 Å². The van der Waals surface area contributed by atoms with Crippen molar-refractivity contribution in [2.24, 2.45) is 0 Å². The van der Waals surface area contributed by atoms with Gasteiger partial charge in [-0.3, -0.25) is 0 Å². The molecule has 0 aliphatic carbocycles. The molecule has 0 N–H and O–H groups in total. The van der Waals surface area contributed by atoms with Gasteiger partial charge in [0, 0.05) is 48.1 Å². The SMILES string of the molecule is Cc1cc(N2CCN(c3cccc(Br)c3)CC2)nc(C)n1. The van der Waals surface area contributed by atoms with E-state index in [4.69, 9.17) is 0 Å². The molecule has 21 heavy (non-hydrogen) atoms. The van der Waals surface area contributed by atoms with E-state index in [9.17, 15) is 0 Å². The summed E-state index contributed by atoms with van der Waals surface area (Å²) in [5, 5.41) is 0. The van der Waals surface area contributed by atoms with Crippen LogP contribution in [0.15, 0.2) is 34.8 Å². The molecule has 3 rings (SSSR count). The fourth-order valence-corrected chi connectivity index (χ4v) is 3.11. The number of rotatable bonds is 2. The molecular formula is C16H19BrN4. The van der Waals surface area contributed by atoms with Crippen LogP contribution in [0, 0.1) is 13.8 Å². The normalized spacial score (nSPS) is 15.4. The van der Waals surface area contributed by atoms with Crippen LogP contribution in [0.3, 0.4) is 0 Å². The van der Waals surface area contributed by atoms with Crippen molar-refractivity contribution < 1.29 is 0 Å². The summed E-state index contributed by atoms with van der Waals surface area (Å²) in [5.74, 6) is 1.90. The van der Waals surface area contributed by atoms with E-state index in [0.717, 1.165) is 48.0 Å². The lowest BCUT2D eigenvalue weighted by atomic mass is 10.2. The van der Waals surface area contributed by atoms with E-state index in [1.807, 2.05) is 13.8 Å². The number of piperazine rings is 1.